The monoisotopic (exact) mass is 111 g/mol. The molecular weight excluding hydrogens is 104 g/mol. The minimum atomic E-state index is -1.29. The van der Waals surface area contributed by atoms with Crippen LogP contribution in [0.15, 0.2) is 0 Å². The molecule has 0 saturated carbocycles. The second-order valence-corrected chi connectivity index (χ2v) is 1.34. The molecule has 0 aliphatic rings. The molecule has 0 heterocycles. The van der Waals surface area contributed by atoms with Crippen LogP contribution in [0.3, 0.4) is 0 Å². The Morgan fingerprint density at radius 1 is 1.62 bits per heavy atom. The SMILES string of the molecule is CCCC#CC([O])=O. The van der Waals surface area contributed by atoms with Crippen LogP contribution in [0.5, 0.6) is 0 Å². The standard InChI is InChI=1S/C6H7O2/c1-2-3-4-5-6(7)8/h2-3H2,1H3. The van der Waals surface area contributed by atoms with Gasteiger partial charge in [-0.25, -0.2) is 9.90 Å². The van der Waals surface area contributed by atoms with Crippen molar-refractivity contribution in [2.24, 2.45) is 0 Å². The molecule has 0 spiro atoms. The van der Waals surface area contributed by atoms with Crippen molar-refractivity contribution in [2.45, 2.75) is 19.8 Å². The lowest BCUT2D eigenvalue weighted by molar-refractivity contribution is -0.136. The van der Waals surface area contributed by atoms with E-state index in [0.717, 1.165) is 6.42 Å². The summed E-state index contributed by atoms with van der Waals surface area (Å²) < 4.78 is 0. The van der Waals surface area contributed by atoms with Crippen LogP contribution in [0.2, 0.25) is 0 Å². The molecule has 0 aliphatic heterocycles. The van der Waals surface area contributed by atoms with E-state index in [1.54, 1.807) is 0 Å². The molecule has 0 N–H and O–H groups in total. The van der Waals surface area contributed by atoms with Gasteiger partial charge in [-0.1, -0.05) is 12.8 Å². The molecule has 0 aromatic heterocycles. The molecule has 2 nitrogen and oxygen atoms in total. The Hall–Kier alpha value is -0.970. The van der Waals surface area contributed by atoms with Gasteiger partial charge in [0.1, 0.15) is 0 Å². The Balaban J connectivity index is 3.35. The molecule has 0 amide bonds. The smallest absolute Gasteiger partial charge is 0.231 e. The van der Waals surface area contributed by atoms with Gasteiger partial charge in [0, 0.05) is 12.3 Å². The van der Waals surface area contributed by atoms with Crippen LogP contribution < -0.4 is 0 Å². The van der Waals surface area contributed by atoms with E-state index in [9.17, 15) is 9.90 Å². The molecule has 0 fully saturated rings. The van der Waals surface area contributed by atoms with Crippen molar-refractivity contribution in [1.82, 2.24) is 0 Å². The van der Waals surface area contributed by atoms with Crippen LogP contribution in [0.1, 0.15) is 19.8 Å². The van der Waals surface area contributed by atoms with Crippen LogP contribution in [-0.4, -0.2) is 5.97 Å². The minimum absolute atomic E-state index is 0.633. The maximum absolute atomic E-state index is 9.59. The summed E-state index contributed by atoms with van der Waals surface area (Å²) in [4.78, 5) is 9.59. The topological polar surface area (TPSA) is 37.0 Å². The van der Waals surface area contributed by atoms with E-state index in [1.165, 1.54) is 0 Å². The summed E-state index contributed by atoms with van der Waals surface area (Å²) in [5, 5.41) is 9.59. The van der Waals surface area contributed by atoms with Crippen LogP contribution >= 0.6 is 0 Å². The molecule has 0 unspecified atom stereocenters. The highest BCUT2D eigenvalue weighted by molar-refractivity contribution is 5.85. The quantitative estimate of drug-likeness (QED) is 0.460. The molecule has 0 saturated heterocycles. The maximum atomic E-state index is 9.59. The Morgan fingerprint density at radius 2 is 2.25 bits per heavy atom. The van der Waals surface area contributed by atoms with Gasteiger partial charge in [-0.05, 0) is 6.42 Å². The fraction of sp³-hybridized carbons (Fsp3) is 0.500. The lowest BCUT2D eigenvalue weighted by atomic mass is 10.3. The van der Waals surface area contributed by atoms with Crippen molar-refractivity contribution in [3.8, 4) is 11.8 Å². The highest BCUT2D eigenvalue weighted by Crippen LogP contribution is 1.79. The summed E-state index contributed by atoms with van der Waals surface area (Å²) in [5.74, 6) is 3.03. The highest BCUT2D eigenvalue weighted by Gasteiger charge is 1.84. The Kier molecular flexibility index (Phi) is 3.69. The van der Waals surface area contributed by atoms with Gasteiger partial charge in [0.2, 0.25) is 0 Å². The van der Waals surface area contributed by atoms with Crippen molar-refractivity contribution in [3.63, 3.8) is 0 Å². The zero-order valence-corrected chi connectivity index (χ0v) is 4.73. The average Bonchev–Trinajstić information content (AvgIpc) is 1.66. The molecule has 0 rings (SSSR count). The molecule has 43 valence electrons. The second-order valence-electron chi connectivity index (χ2n) is 1.34. The van der Waals surface area contributed by atoms with Crippen LogP contribution in [0.25, 0.3) is 0 Å². The molecule has 8 heavy (non-hydrogen) atoms. The lowest BCUT2D eigenvalue weighted by Crippen LogP contribution is -1.82. The van der Waals surface area contributed by atoms with E-state index in [1.807, 2.05) is 12.8 Å². The van der Waals surface area contributed by atoms with Gasteiger partial charge in [0.15, 0.2) is 0 Å². The molecule has 0 aliphatic carbocycles. The van der Waals surface area contributed by atoms with Crippen LogP contribution in [-0.2, 0) is 9.90 Å². The predicted octanol–water partition coefficient (Wildman–Crippen LogP) is 0.747. The van der Waals surface area contributed by atoms with E-state index in [4.69, 9.17) is 0 Å². The summed E-state index contributed by atoms with van der Waals surface area (Å²) >= 11 is 0. The molecule has 0 atom stereocenters. The maximum Gasteiger partial charge on any atom is 0.429 e. The normalized spacial score (nSPS) is 7.12. The lowest BCUT2D eigenvalue weighted by Gasteiger charge is -1.72. The first kappa shape index (κ1) is 7.03. The molecule has 0 aromatic carbocycles. The van der Waals surface area contributed by atoms with Gasteiger partial charge in [-0.15, -0.1) is 0 Å². The number of unbranched alkanes of at least 4 members (excludes halogenated alkanes) is 1. The Bertz CT molecular complexity index is 127. The van der Waals surface area contributed by atoms with Gasteiger partial charge < -0.3 is 0 Å². The summed E-state index contributed by atoms with van der Waals surface area (Å²) in [6.07, 6.45) is 1.52. The first-order valence-corrected chi connectivity index (χ1v) is 2.47. The van der Waals surface area contributed by atoms with Crippen molar-refractivity contribution in [1.29, 1.82) is 0 Å². The second kappa shape index (κ2) is 4.20. The predicted molar refractivity (Wildman–Crippen MR) is 28.4 cm³/mol. The molecule has 2 heteroatoms. The fourth-order valence-corrected chi connectivity index (χ4v) is 0.260. The first-order chi connectivity index (χ1) is 3.77. The summed E-state index contributed by atoms with van der Waals surface area (Å²) in [7, 11) is 0. The van der Waals surface area contributed by atoms with E-state index in [-0.39, 0.29) is 0 Å². The van der Waals surface area contributed by atoms with Gasteiger partial charge in [0.25, 0.3) is 0 Å². The Morgan fingerprint density at radius 3 is 2.62 bits per heavy atom. The molecule has 1 radical (unpaired) electrons. The number of carbonyl (C=O) groups excluding carboxylic acids is 1. The van der Waals surface area contributed by atoms with Crippen molar-refractivity contribution >= 4 is 5.97 Å². The van der Waals surface area contributed by atoms with Gasteiger partial charge in [0.05, 0.1) is 0 Å². The fourth-order valence-electron chi connectivity index (χ4n) is 0.260. The molecule has 0 aromatic rings. The summed E-state index contributed by atoms with van der Waals surface area (Å²) in [5.41, 5.74) is 0. The van der Waals surface area contributed by atoms with E-state index in [0.29, 0.717) is 6.42 Å². The number of hydrogen-bond donors (Lipinski definition) is 0. The zero-order valence-electron chi connectivity index (χ0n) is 4.73. The van der Waals surface area contributed by atoms with E-state index >= 15 is 0 Å². The van der Waals surface area contributed by atoms with E-state index < -0.39 is 5.97 Å². The van der Waals surface area contributed by atoms with Crippen molar-refractivity contribution in [3.05, 3.63) is 0 Å². The first-order valence-electron chi connectivity index (χ1n) is 2.47. The van der Waals surface area contributed by atoms with E-state index in [2.05, 4.69) is 5.92 Å². The zero-order chi connectivity index (χ0) is 6.41. The molecular formula is C6H7O2. The third-order valence-electron chi connectivity index (χ3n) is 0.565. The summed E-state index contributed by atoms with van der Waals surface area (Å²) in [6.45, 7) is 1.93. The number of hydrogen-bond acceptors (Lipinski definition) is 1. The third kappa shape index (κ3) is 5.03. The highest BCUT2D eigenvalue weighted by atomic mass is 16.4. The number of carbonyl (C=O) groups is 1. The summed E-state index contributed by atoms with van der Waals surface area (Å²) in [6, 6.07) is 0. The average molecular weight is 111 g/mol. The van der Waals surface area contributed by atoms with Crippen molar-refractivity contribution < 1.29 is 9.90 Å². The van der Waals surface area contributed by atoms with Crippen molar-refractivity contribution in [2.75, 3.05) is 0 Å². The minimum Gasteiger partial charge on any atom is -0.231 e. The van der Waals surface area contributed by atoms with Crippen LogP contribution in [0.4, 0.5) is 0 Å². The molecule has 0 bridgehead atoms. The van der Waals surface area contributed by atoms with Gasteiger partial charge in [-0.3, -0.25) is 0 Å². The number of rotatable bonds is 1. The van der Waals surface area contributed by atoms with Gasteiger partial charge in [-0.2, -0.15) is 0 Å². The van der Waals surface area contributed by atoms with Crippen LogP contribution in [0, 0.1) is 11.8 Å². The Labute approximate surface area is 48.5 Å². The third-order valence-corrected chi connectivity index (χ3v) is 0.565. The largest absolute Gasteiger partial charge is 0.429 e. The van der Waals surface area contributed by atoms with Gasteiger partial charge >= 0.3 is 5.97 Å².